The van der Waals surface area contributed by atoms with E-state index in [1.54, 1.807) is 6.92 Å². The van der Waals surface area contributed by atoms with E-state index in [1.165, 1.54) is 18.4 Å². The zero-order chi connectivity index (χ0) is 25.3. The Labute approximate surface area is 206 Å². The van der Waals surface area contributed by atoms with E-state index in [4.69, 9.17) is 5.11 Å². The van der Waals surface area contributed by atoms with Crippen LogP contribution in [0.15, 0.2) is 23.3 Å². The summed E-state index contributed by atoms with van der Waals surface area (Å²) in [4.78, 5) is 24.9. The third kappa shape index (κ3) is 3.49. The van der Waals surface area contributed by atoms with Gasteiger partial charge in [0.15, 0.2) is 5.78 Å². The number of hydrogen-bond donors (Lipinski definition) is 2. The second kappa shape index (κ2) is 8.32. The van der Waals surface area contributed by atoms with Gasteiger partial charge in [-0.3, -0.25) is 4.79 Å². The maximum atomic E-state index is 13.7. The molecule has 0 aromatic rings. The van der Waals surface area contributed by atoms with Gasteiger partial charge < -0.3 is 10.2 Å². The maximum Gasteiger partial charge on any atom is 0.330 e. The molecular weight excluding hydrogens is 424 g/mol. The molecule has 0 bridgehead atoms. The minimum atomic E-state index is -0.828. The summed E-state index contributed by atoms with van der Waals surface area (Å²) in [6, 6.07) is 0. The molecule has 0 amide bonds. The summed E-state index contributed by atoms with van der Waals surface area (Å²) in [5.41, 5.74) is 1.58. The molecule has 0 saturated heterocycles. The number of carboxylic acids is 1. The van der Waals surface area contributed by atoms with E-state index in [0.717, 1.165) is 38.5 Å². The van der Waals surface area contributed by atoms with Crippen molar-refractivity contribution in [2.24, 2.45) is 45.3 Å². The van der Waals surface area contributed by atoms with Crippen molar-refractivity contribution in [2.45, 2.75) is 106 Å². The van der Waals surface area contributed by atoms with Crippen LogP contribution in [-0.4, -0.2) is 28.1 Å². The lowest BCUT2D eigenvalue weighted by Gasteiger charge is -2.63. The fourth-order valence-electron chi connectivity index (χ4n) is 9.40. The molecule has 4 aliphatic carbocycles. The number of carbonyl (C=O) groups is 2. The van der Waals surface area contributed by atoms with Gasteiger partial charge in [-0.15, -0.1) is 0 Å². The van der Waals surface area contributed by atoms with Crippen LogP contribution in [0.5, 0.6) is 0 Å². The molecule has 4 aliphatic rings. The predicted octanol–water partition coefficient (Wildman–Crippen LogP) is 6.58. The van der Waals surface area contributed by atoms with Crippen molar-refractivity contribution in [3.8, 4) is 0 Å². The summed E-state index contributed by atoms with van der Waals surface area (Å²) in [5, 5.41) is 19.9. The smallest absolute Gasteiger partial charge is 0.330 e. The number of carboxylic acid groups (broad SMARTS) is 1. The number of carbonyl (C=O) groups excluding carboxylic acids is 1. The van der Waals surface area contributed by atoms with E-state index in [9.17, 15) is 14.7 Å². The number of hydrogen-bond acceptors (Lipinski definition) is 3. The number of fused-ring (bicyclic) bond motifs is 5. The van der Waals surface area contributed by atoms with Crippen molar-refractivity contribution in [1.82, 2.24) is 0 Å². The standard InChI is InChI=1S/C30H46O4/c1-18(9-8-10-19(2)26(33)34)20-11-15-30(7)22-17-23(31)25-27(3,4)24(32)13-14-28(25,5)21(22)12-16-29(20,30)6/h10,17-18,20-21,24-25,32H,8-9,11-16H2,1-7H3,(H,33,34)/b19-10-/t18-,20+,21+,24-,25+,28-,29+,30-/m1/s1. The molecule has 4 heteroatoms. The lowest BCUT2D eigenvalue weighted by atomic mass is 9.40. The van der Waals surface area contributed by atoms with Gasteiger partial charge in [-0.2, -0.15) is 0 Å². The minimum absolute atomic E-state index is 0.0332. The van der Waals surface area contributed by atoms with Crippen LogP contribution < -0.4 is 0 Å². The second-order valence-corrected chi connectivity index (χ2v) is 13.5. The van der Waals surface area contributed by atoms with E-state index >= 15 is 0 Å². The normalized spacial score (nSPS) is 44.5. The van der Waals surface area contributed by atoms with Crippen molar-refractivity contribution >= 4 is 11.8 Å². The second-order valence-electron chi connectivity index (χ2n) is 13.5. The number of aliphatic hydroxyl groups excluding tert-OH is 1. The average molecular weight is 471 g/mol. The highest BCUT2D eigenvalue weighted by molar-refractivity contribution is 5.95. The van der Waals surface area contributed by atoms with Crippen LogP contribution in [0.4, 0.5) is 0 Å². The number of rotatable bonds is 5. The molecule has 3 fully saturated rings. The average Bonchev–Trinajstić information content (AvgIpc) is 3.02. The molecule has 0 unspecified atom stereocenters. The van der Waals surface area contributed by atoms with Crippen LogP contribution in [0.25, 0.3) is 0 Å². The third-order valence-corrected chi connectivity index (χ3v) is 11.7. The summed E-state index contributed by atoms with van der Waals surface area (Å²) in [6.07, 6.45) is 11.7. The highest BCUT2D eigenvalue weighted by Gasteiger charge is 2.66. The van der Waals surface area contributed by atoms with Crippen molar-refractivity contribution in [1.29, 1.82) is 0 Å². The van der Waals surface area contributed by atoms with Gasteiger partial charge in [-0.1, -0.05) is 53.2 Å². The molecule has 2 N–H and O–H groups in total. The Morgan fingerprint density at radius 3 is 2.44 bits per heavy atom. The number of aliphatic carboxylic acids is 1. The quantitative estimate of drug-likeness (QED) is 0.445. The van der Waals surface area contributed by atoms with Gasteiger partial charge >= 0.3 is 5.97 Å². The zero-order valence-electron chi connectivity index (χ0n) is 22.4. The number of ketones is 1. The maximum absolute atomic E-state index is 13.7. The molecule has 4 nitrogen and oxygen atoms in total. The van der Waals surface area contributed by atoms with Crippen molar-refractivity contribution in [3.63, 3.8) is 0 Å². The molecule has 0 aliphatic heterocycles. The van der Waals surface area contributed by atoms with Gasteiger partial charge in [0.2, 0.25) is 0 Å². The molecule has 0 heterocycles. The van der Waals surface area contributed by atoms with Gasteiger partial charge in [0.25, 0.3) is 0 Å². The molecule has 0 radical (unpaired) electrons. The largest absolute Gasteiger partial charge is 0.478 e. The van der Waals surface area contributed by atoms with E-state index in [0.29, 0.717) is 23.3 Å². The first kappa shape index (κ1) is 25.7. The Kier molecular flexibility index (Phi) is 6.28. The Hall–Kier alpha value is -1.42. The molecule has 190 valence electrons. The fraction of sp³-hybridized carbons (Fsp3) is 0.800. The SMILES string of the molecule is C/C(=C/CC[C@@H](C)[C@@H]1CC[C@]2(C)C3=CC(=O)[C@H]4C(C)(C)[C@H](O)CC[C@]4(C)[C@H]3CC[C@@]12C)C(=O)O. The Balaban J connectivity index is 1.63. The predicted molar refractivity (Wildman–Crippen MR) is 135 cm³/mol. The van der Waals surface area contributed by atoms with E-state index in [-0.39, 0.29) is 33.4 Å². The minimum Gasteiger partial charge on any atom is -0.478 e. The Morgan fingerprint density at radius 2 is 1.79 bits per heavy atom. The highest BCUT2D eigenvalue weighted by Crippen LogP contribution is 2.73. The van der Waals surface area contributed by atoms with E-state index in [1.807, 2.05) is 12.2 Å². The topological polar surface area (TPSA) is 74.6 Å². The van der Waals surface area contributed by atoms with Gasteiger partial charge in [0.1, 0.15) is 0 Å². The van der Waals surface area contributed by atoms with E-state index in [2.05, 4.69) is 41.5 Å². The van der Waals surface area contributed by atoms with Gasteiger partial charge in [-0.05, 0) is 98.4 Å². The van der Waals surface area contributed by atoms with Crippen molar-refractivity contribution in [3.05, 3.63) is 23.3 Å². The van der Waals surface area contributed by atoms with Crippen LogP contribution in [-0.2, 0) is 9.59 Å². The molecule has 0 spiro atoms. The summed E-state index contributed by atoms with van der Waals surface area (Å²) in [6.45, 7) is 15.5. The molecule has 0 aromatic heterocycles. The first-order chi connectivity index (χ1) is 15.7. The molecular formula is C30H46O4. The van der Waals surface area contributed by atoms with Crippen LogP contribution >= 0.6 is 0 Å². The van der Waals surface area contributed by atoms with E-state index < -0.39 is 12.1 Å². The van der Waals surface area contributed by atoms with Crippen molar-refractivity contribution < 1.29 is 19.8 Å². The Morgan fingerprint density at radius 1 is 1.12 bits per heavy atom. The van der Waals surface area contributed by atoms with Crippen LogP contribution in [0.3, 0.4) is 0 Å². The highest BCUT2D eigenvalue weighted by atomic mass is 16.4. The van der Waals surface area contributed by atoms with Crippen molar-refractivity contribution in [2.75, 3.05) is 0 Å². The summed E-state index contributed by atoms with van der Waals surface area (Å²) < 4.78 is 0. The number of allylic oxidation sites excluding steroid dienone is 3. The lowest BCUT2D eigenvalue weighted by Crippen LogP contribution is -2.60. The van der Waals surface area contributed by atoms with Crippen LogP contribution in [0.2, 0.25) is 0 Å². The molecule has 8 atom stereocenters. The Bertz CT molecular complexity index is 928. The zero-order valence-corrected chi connectivity index (χ0v) is 22.4. The summed E-state index contributed by atoms with van der Waals surface area (Å²) in [5.74, 6) is 0.844. The van der Waals surface area contributed by atoms with Gasteiger partial charge in [0, 0.05) is 16.9 Å². The van der Waals surface area contributed by atoms with Crippen LogP contribution in [0.1, 0.15) is 99.8 Å². The molecule has 0 aromatic carbocycles. The summed E-state index contributed by atoms with van der Waals surface area (Å²) in [7, 11) is 0. The van der Waals surface area contributed by atoms with Gasteiger partial charge in [-0.25, -0.2) is 4.79 Å². The third-order valence-electron chi connectivity index (χ3n) is 11.7. The number of aliphatic hydroxyl groups is 1. The summed E-state index contributed by atoms with van der Waals surface area (Å²) >= 11 is 0. The van der Waals surface area contributed by atoms with Crippen LogP contribution in [0, 0.1) is 45.3 Å². The first-order valence-corrected chi connectivity index (χ1v) is 13.5. The molecule has 3 saturated carbocycles. The first-order valence-electron chi connectivity index (χ1n) is 13.5. The fourth-order valence-corrected chi connectivity index (χ4v) is 9.40. The molecule has 34 heavy (non-hydrogen) atoms. The lowest BCUT2D eigenvalue weighted by molar-refractivity contribution is -0.157. The van der Waals surface area contributed by atoms with Gasteiger partial charge in [0.05, 0.1) is 6.10 Å². The monoisotopic (exact) mass is 470 g/mol. The molecule has 4 rings (SSSR count).